The molecule has 3 aliphatic rings. The number of fused-ring (bicyclic) bond motifs is 1. The number of ether oxygens (including phenoxy) is 6. The van der Waals surface area contributed by atoms with Crippen molar-refractivity contribution in [3.8, 4) is 0 Å². The molecule has 22 heavy (non-hydrogen) atoms. The Balaban J connectivity index is 1.73. The molecule has 0 aromatic carbocycles. The van der Waals surface area contributed by atoms with E-state index in [-0.39, 0.29) is 6.10 Å². The van der Waals surface area contributed by atoms with Gasteiger partial charge >= 0.3 is 0 Å². The summed E-state index contributed by atoms with van der Waals surface area (Å²) in [6, 6.07) is 0. The lowest BCUT2D eigenvalue weighted by molar-refractivity contribution is -0.312. The molecule has 0 aliphatic carbocycles. The summed E-state index contributed by atoms with van der Waals surface area (Å²) in [5.74, 6) is -2.83. The molecule has 0 radical (unpaired) electrons. The normalized spacial score (nSPS) is 42.5. The number of rotatable bonds is 4. The highest BCUT2D eigenvalue weighted by Gasteiger charge is 2.58. The first kappa shape index (κ1) is 16.1. The smallest absolute Gasteiger partial charge is 0.190 e. The number of aliphatic carboxylic acids is 1. The predicted molar refractivity (Wildman–Crippen MR) is 68.3 cm³/mol. The summed E-state index contributed by atoms with van der Waals surface area (Å²) in [4.78, 5) is 10.7. The van der Waals surface area contributed by atoms with Gasteiger partial charge in [0.15, 0.2) is 17.9 Å². The summed E-state index contributed by atoms with van der Waals surface area (Å²) < 4.78 is 34.1. The van der Waals surface area contributed by atoms with Crippen LogP contribution in [0.4, 0.5) is 0 Å². The van der Waals surface area contributed by atoms with Gasteiger partial charge in [0, 0.05) is 0 Å². The highest BCUT2D eigenvalue weighted by atomic mass is 16.8. The first-order chi connectivity index (χ1) is 10.2. The fourth-order valence-electron chi connectivity index (χ4n) is 3.03. The Kier molecular flexibility index (Phi) is 3.95. The fourth-order valence-corrected chi connectivity index (χ4v) is 3.03. The summed E-state index contributed by atoms with van der Waals surface area (Å²) in [5.41, 5.74) is 0. The van der Waals surface area contributed by atoms with Gasteiger partial charge in [-0.2, -0.15) is 0 Å². The van der Waals surface area contributed by atoms with E-state index in [1.54, 1.807) is 27.7 Å². The Labute approximate surface area is 128 Å². The molecule has 0 aromatic rings. The number of carboxylic acids is 1. The molecule has 0 aromatic heterocycles. The van der Waals surface area contributed by atoms with Gasteiger partial charge < -0.3 is 38.3 Å². The van der Waals surface area contributed by atoms with E-state index in [0.717, 1.165) is 0 Å². The van der Waals surface area contributed by atoms with Crippen molar-refractivity contribution in [3.63, 3.8) is 0 Å². The van der Waals surface area contributed by atoms with Crippen LogP contribution in [0.15, 0.2) is 0 Å². The minimum Gasteiger partial charge on any atom is -0.548 e. The van der Waals surface area contributed by atoms with Crippen molar-refractivity contribution in [1.82, 2.24) is 0 Å². The molecular formula is C14H21O8-. The lowest BCUT2D eigenvalue weighted by atomic mass is 10.1. The van der Waals surface area contributed by atoms with Crippen LogP contribution in [0.5, 0.6) is 0 Å². The Bertz CT molecular complexity index is 448. The van der Waals surface area contributed by atoms with Crippen molar-refractivity contribution in [2.24, 2.45) is 0 Å². The van der Waals surface area contributed by atoms with Gasteiger partial charge in [0.05, 0.1) is 19.2 Å². The van der Waals surface area contributed by atoms with Crippen LogP contribution in [0.2, 0.25) is 0 Å². The van der Waals surface area contributed by atoms with Crippen LogP contribution in [-0.4, -0.2) is 61.5 Å². The van der Waals surface area contributed by atoms with Gasteiger partial charge in [-0.15, -0.1) is 0 Å². The number of carboxylic acid groups (broad SMARTS) is 1. The number of carbonyl (C=O) groups excluding carboxylic acids is 1. The fraction of sp³-hybridized carbons (Fsp3) is 0.929. The quantitative estimate of drug-likeness (QED) is 0.661. The monoisotopic (exact) mass is 317 g/mol. The average molecular weight is 317 g/mol. The second-order valence-electron chi connectivity index (χ2n) is 6.58. The summed E-state index contributed by atoms with van der Waals surface area (Å²) in [6.07, 6.45) is -2.70. The van der Waals surface area contributed by atoms with Crippen molar-refractivity contribution in [2.45, 2.75) is 70.0 Å². The zero-order valence-electron chi connectivity index (χ0n) is 13.1. The van der Waals surface area contributed by atoms with E-state index in [1.807, 2.05) is 0 Å². The van der Waals surface area contributed by atoms with E-state index < -0.39 is 48.8 Å². The van der Waals surface area contributed by atoms with Gasteiger partial charge in [-0.3, -0.25) is 0 Å². The SMILES string of the molecule is CC1(C)O[C@H]2O[C@@H]([C@@H]3COC(C)(C)O3)[C@@H](OCC(=O)[O-])[C@H]2O1. The Hall–Kier alpha value is -0.770. The van der Waals surface area contributed by atoms with Crippen LogP contribution in [0.3, 0.4) is 0 Å². The molecule has 0 saturated carbocycles. The summed E-state index contributed by atoms with van der Waals surface area (Å²) in [6.45, 7) is 6.90. The maximum absolute atomic E-state index is 10.7. The Morgan fingerprint density at radius 3 is 2.45 bits per heavy atom. The molecule has 3 saturated heterocycles. The summed E-state index contributed by atoms with van der Waals surface area (Å²) >= 11 is 0. The van der Waals surface area contributed by atoms with Crippen LogP contribution in [-0.2, 0) is 33.2 Å². The second kappa shape index (κ2) is 5.40. The molecule has 3 rings (SSSR count). The van der Waals surface area contributed by atoms with E-state index in [2.05, 4.69) is 0 Å². The maximum Gasteiger partial charge on any atom is 0.190 e. The third kappa shape index (κ3) is 3.12. The Morgan fingerprint density at radius 2 is 1.86 bits per heavy atom. The molecule has 3 aliphatic heterocycles. The van der Waals surface area contributed by atoms with Crippen LogP contribution in [0, 0.1) is 0 Å². The molecule has 0 bridgehead atoms. The standard InChI is InChI=1S/C14H22O8/c1-13(2)18-5-7(20-13)9-10(17-6-8(15)16)11-12(19-9)22-14(3,4)21-11/h7,9-12H,5-6H2,1-4H3,(H,15,16)/p-1/t7-,9-,10+,11+,12+/m0/s1. The molecule has 3 heterocycles. The minimum absolute atomic E-state index is 0.325. The van der Waals surface area contributed by atoms with Gasteiger partial charge in [0.2, 0.25) is 0 Å². The molecule has 8 nitrogen and oxygen atoms in total. The van der Waals surface area contributed by atoms with E-state index in [0.29, 0.717) is 6.61 Å². The van der Waals surface area contributed by atoms with Gasteiger partial charge in [0.25, 0.3) is 0 Å². The largest absolute Gasteiger partial charge is 0.548 e. The highest BCUT2D eigenvalue weighted by Crippen LogP contribution is 2.41. The van der Waals surface area contributed by atoms with Gasteiger partial charge in [-0.05, 0) is 27.7 Å². The van der Waals surface area contributed by atoms with E-state index in [1.165, 1.54) is 0 Å². The van der Waals surface area contributed by atoms with Crippen molar-refractivity contribution < 1.29 is 38.3 Å². The van der Waals surface area contributed by atoms with Crippen molar-refractivity contribution in [1.29, 1.82) is 0 Å². The number of hydrogen-bond acceptors (Lipinski definition) is 8. The third-order valence-corrected chi connectivity index (χ3v) is 3.82. The molecular weight excluding hydrogens is 296 g/mol. The topological polar surface area (TPSA) is 95.5 Å². The molecule has 0 spiro atoms. The van der Waals surface area contributed by atoms with Crippen LogP contribution in [0.1, 0.15) is 27.7 Å². The molecule has 0 amide bonds. The van der Waals surface area contributed by atoms with Crippen molar-refractivity contribution in [3.05, 3.63) is 0 Å². The number of hydrogen-bond donors (Lipinski definition) is 0. The van der Waals surface area contributed by atoms with E-state index in [9.17, 15) is 9.90 Å². The Morgan fingerprint density at radius 1 is 1.14 bits per heavy atom. The van der Waals surface area contributed by atoms with E-state index in [4.69, 9.17) is 28.4 Å². The zero-order valence-corrected chi connectivity index (χ0v) is 13.1. The van der Waals surface area contributed by atoms with Crippen LogP contribution >= 0.6 is 0 Å². The first-order valence-corrected chi connectivity index (χ1v) is 7.31. The zero-order chi connectivity index (χ0) is 16.1. The minimum atomic E-state index is -1.30. The molecule has 0 N–H and O–H groups in total. The van der Waals surface area contributed by atoms with Crippen molar-refractivity contribution >= 4 is 5.97 Å². The molecule has 5 atom stereocenters. The molecule has 0 unspecified atom stereocenters. The summed E-state index contributed by atoms with van der Waals surface area (Å²) in [5, 5.41) is 10.7. The first-order valence-electron chi connectivity index (χ1n) is 7.31. The number of carbonyl (C=O) groups is 1. The third-order valence-electron chi connectivity index (χ3n) is 3.82. The van der Waals surface area contributed by atoms with Gasteiger partial charge in [-0.1, -0.05) is 0 Å². The molecule has 126 valence electrons. The predicted octanol–water partition coefficient (Wildman–Crippen LogP) is -0.851. The lowest BCUT2D eigenvalue weighted by Crippen LogP contribution is -2.45. The molecule has 8 heteroatoms. The lowest BCUT2D eigenvalue weighted by Gasteiger charge is -2.29. The maximum atomic E-state index is 10.7. The van der Waals surface area contributed by atoms with Crippen LogP contribution < -0.4 is 5.11 Å². The highest BCUT2D eigenvalue weighted by molar-refractivity contribution is 5.65. The molecule has 3 fully saturated rings. The van der Waals surface area contributed by atoms with Crippen LogP contribution in [0.25, 0.3) is 0 Å². The average Bonchev–Trinajstić information content (AvgIpc) is 2.96. The van der Waals surface area contributed by atoms with Gasteiger partial charge in [0.1, 0.15) is 24.4 Å². The second-order valence-corrected chi connectivity index (χ2v) is 6.58. The van der Waals surface area contributed by atoms with Crippen molar-refractivity contribution in [2.75, 3.05) is 13.2 Å². The van der Waals surface area contributed by atoms with E-state index >= 15 is 0 Å². The van der Waals surface area contributed by atoms with Gasteiger partial charge in [-0.25, -0.2) is 0 Å². The summed E-state index contributed by atoms with van der Waals surface area (Å²) in [7, 11) is 0.